The number of rotatable bonds is 5. The van der Waals surface area contributed by atoms with Crippen molar-refractivity contribution in [2.45, 2.75) is 143 Å². The predicted octanol–water partition coefficient (Wildman–Crippen LogP) is 18.0. The summed E-state index contributed by atoms with van der Waals surface area (Å²) in [6.07, 6.45) is 3.42. The molecule has 3 heterocycles. The number of hydrogen-bond donors (Lipinski definition) is 0. The van der Waals surface area contributed by atoms with E-state index >= 15 is 0 Å². The topological polar surface area (TPSA) is 9.72 Å². The van der Waals surface area contributed by atoms with Gasteiger partial charge in [0.25, 0.3) is 6.71 Å². The molecule has 3 aliphatic heterocycles. The van der Waals surface area contributed by atoms with Gasteiger partial charge in [0.1, 0.15) is 0 Å². The molecule has 0 spiro atoms. The first kappa shape index (κ1) is 50.1. The molecule has 3 unspecified atom stereocenters. The summed E-state index contributed by atoms with van der Waals surface area (Å²) in [5.41, 5.74) is 24.1. The van der Waals surface area contributed by atoms with Crippen LogP contribution in [0.2, 0.25) is 0 Å². The molecule has 8 aromatic rings. The van der Waals surface area contributed by atoms with E-state index in [1.165, 1.54) is 113 Å². The fourth-order valence-corrected chi connectivity index (χ4v) is 14.0. The average Bonchev–Trinajstić information content (AvgIpc) is 3.61. The molecule has 4 heteroatoms. The van der Waals surface area contributed by atoms with Gasteiger partial charge >= 0.3 is 0 Å². The SMILES string of the molecule is CC(C)(C)c1ccc(N2c3ccccc3B3c4ccccc4N(c4ccc(C(C)(C)C)cc4-c4ccccc4)c4cc(N5c6ccc(C(C)(C)C)cc6C6(C)CC(C(C)(C)C)CCC56C)cc2c43)c(-c2ccccc2)c1. The fourth-order valence-electron chi connectivity index (χ4n) is 14.0. The van der Waals surface area contributed by atoms with E-state index in [9.17, 15) is 0 Å². The van der Waals surface area contributed by atoms with Crippen LogP contribution in [0.1, 0.15) is 138 Å². The summed E-state index contributed by atoms with van der Waals surface area (Å²) >= 11 is 0. The van der Waals surface area contributed by atoms with Gasteiger partial charge in [0.05, 0.1) is 16.9 Å². The molecule has 76 heavy (non-hydrogen) atoms. The maximum Gasteiger partial charge on any atom is 0.252 e. The van der Waals surface area contributed by atoms with Crippen LogP contribution < -0.4 is 31.1 Å². The highest BCUT2D eigenvalue weighted by Crippen LogP contribution is 2.65. The van der Waals surface area contributed by atoms with Crippen molar-refractivity contribution in [3.8, 4) is 22.3 Å². The first-order valence-corrected chi connectivity index (χ1v) is 28.3. The second kappa shape index (κ2) is 17.4. The minimum atomic E-state index is -0.212. The number of anilines is 8. The Hall–Kier alpha value is -6.78. The zero-order valence-electron chi connectivity index (χ0n) is 47.9. The summed E-state index contributed by atoms with van der Waals surface area (Å²) in [6, 6.07) is 68.2. The molecule has 1 fully saturated rings. The standard InChI is InChI=1S/C72H78BN3/c1-67(2,3)49-33-36-59(54(41-49)47-25-17-15-18-26-47)74-62-31-23-21-29-57(62)73-58-30-22-24-32-63(58)75(60-37-34-50(68(4,5)6)42-55(60)48-27-19-16-20-28-48)65-45-53(44-64(74)66(65)73)76-61-38-35-51(69(7,8)9)43-56(61)71(13)46-52(70(10,11)12)39-40-72(71,76)14/h15-38,41-45,52H,39-40,46H2,1-14H3. The van der Waals surface area contributed by atoms with Crippen LogP contribution in [0.5, 0.6) is 0 Å². The monoisotopic (exact) mass is 996 g/mol. The van der Waals surface area contributed by atoms with Crippen molar-refractivity contribution < 1.29 is 0 Å². The highest BCUT2D eigenvalue weighted by atomic mass is 15.3. The Morgan fingerprint density at radius 2 is 0.855 bits per heavy atom. The van der Waals surface area contributed by atoms with Crippen molar-refractivity contribution in [3.63, 3.8) is 0 Å². The Morgan fingerprint density at radius 1 is 0.434 bits per heavy atom. The van der Waals surface area contributed by atoms with E-state index in [0.717, 1.165) is 12.8 Å². The molecule has 3 nitrogen and oxygen atoms in total. The molecule has 1 saturated carbocycles. The largest absolute Gasteiger partial charge is 0.334 e. The van der Waals surface area contributed by atoms with Crippen LogP contribution in [-0.4, -0.2) is 12.3 Å². The maximum absolute atomic E-state index is 2.85. The van der Waals surface area contributed by atoms with Gasteiger partial charge in [-0.2, -0.15) is 0 Å². The summed E-state index contributed by atoms with van der Waals surface area (Å²) in [5.74, 6) is 0.598. The van der Waals surface area contributed by atoms with Crippen LogP contribution in [0.3, 0.4) is 0 Å². The third-order valence-electron chi connectivity index (χ3n) is 18.7. The second-order valence-corrected chi connectivity index (χ2v) is 27.5. The first-order chi connectivity index (χ1) is 36.0. The second-order valence-electron chi connectivity index (χ2n) is 27.5. The number of hydrogen-bond acceptors (Lipinski definition) is 3. The Bertz CT molecular complexity index is 3390. The number of fused-ring (bicyclic) bond motifs is 7. The van der Waals surface area contributed by atoms with Gasteiger partial charge in [0, 0.05) is 50.7 Å². The third kappa shape index (κ3) is 7.82. The Morgan fingerprint density at radius 3 is 1.30 bits per heavy atom. The van der Waals surface area contributed by atoms with E-state index in [4.69, 9.17) is 0 Å². The summed E-state index contributed by atoms with van der Waals surface area (Å²) in [7, 11) is 0. The molecule has 4 aliphatic rings. The van der Waals surface area contributed by atoms with Crippen LogP contribution in [0.25, 0.3) is 22.3 Å². The molecule has 0 aromatic heterocycles. The smallest absolute Gasteiger partial charge is 0.252 e. The summed E-state index contributed by atoms with van der Waals surface area (Å²) in [5, 5.41) is 0. The van der Waals surface area contributed by atoms with Crippen LogP contribution in [-0.2, 0) is 21.7 Å². The van der Waals surface area contributed by atoms with Crippen LogP contribution in [0.4, 0.5) is 45.5 Å². The lowest BCUT2D eigenvalue weighted by Gasteiger charge is -2.55. The zero-order chi connectivity index (χ0) is 53.5. The minimum Gasteiger partial charge on any atom is -0.334 e. The van der Waals surface area contributed by atoms with Crippen molar-refractivity contribution >= 4 is 68.6 Å². The van der Waals surface area contributed by atoms with E-state index in [-0.39, 0.29) is 39.3 Å². The van der Waals surface area contributed by atoms with E-state index in [1.54, 1.807) is 0 Å². The molecule has 1 aliphatic carbocycles. The lowest BCUT2D eigenvalue weighted by molar-refractivity contribution is 0.0786. The van der Waals surface area contributed by atoms with Crippen LogP contribution in [0, 0.1) is 11.3 Å². The van der Waals surface area contributed by atoms with Crippen LogP contribution >= 0.6 is 0 Å². The molecular weight excluding hydrogens is 918 g/mol. The maximum atomic E-state index is 2.85. The van der Waals surface area contributed by atoms with Crippen molar-refractivity contribution in [2.24, 2.45) is 11.3 Å². The van der Waals surface area contributed by atoms with Crippen LogP contribution in [0.15, 0.2) is 176 Å². The highest BCUT2D eigenvalue weighted by Gasteiger charge is 2.61. The number of para-hydroxylation sites is 2. The molecule has 0 radical (unpaired) electrons. The van der Waals surface area contributed by atoms with Gasteiger partial charge in [0.2, 0.25) is 0 Å². The van der Waals surface area contributed by atoms with Crippen molar-refractivity contribution in [1.29, 1.82) is 0 Å². The average molecular weight is 996 g/mol. The van der Waals surface area contributed by atoms with E-state index in [2.05, 4.69) is 288 Å². The molecule has 0 amide bonds. The fraction of sp³-hybridized carbons (Fsp3) is 0.333. The quantitative estimate of drug-likeness (QED) is 0.159. The van der Waals surface area contributed by atoms with Gasteiger partial charge in [-0.25, -0.2) is 0 Å². The van der Waals surface area contributed by atoms with E-state index < -0.39 is 0 Å². The molecule has 384 valence electrons. The molecule has 8 aromatic carbocycles. The van der Waals surface area contributed by atoms with Crippen molar-refractivity contribution in [2.75, 3.05) is 14.7 Å². The molecule has 12 rings (SSSR count). The van der Waals surface area contributed by atoms with E-state index in [1.807, 2.05) is 0 Å². The van der Waals surface area contributed by atoms with E-state index in [0.29, 0.717) is 5.92 Å². The highest BCUT2D eigenvalue weighted by molar-refractivity contribution is 7.00. The van der Waals surface area contributed by atoms with Gasteiger partial charge in [-0.1, -0.05) is 211 Å². The molecule has 0 saturated heterocycles. The van der Waals surface area contributed by atoms with Crippen molar-refractivity contribution in [1.82, 2.24) is 0 Å². The van der Waals surface area contributed by atoms with Gasteiger partial charge in [0.15, 0.2) is 0 Å². The van der Waals surface area contributed by atoms with Gasteiger partial charge in [-0.05, 0) is 158 Å². The predicted molar refractivity (Wildman–Crippen MR) is 329 cm³/mol. The number of nitrogens with zero attached hydrogens (tertiary/aromatic N) is 3. The summed E-state index contributed by atoms with van der Waals surface area (Å²) in [4.78, 5) is 8.17. The summed E-state index contributed by atoms with van der Waals surface area (Å²) < 4.78 is 0. The van der Waals surface area contributed by atoms with Crippen molar-refractivity contribution in [3.05, 3.63) is 198 Å². The minimum absolute atomic E-state index is 0.00900. The van der Waals surface area contributed by atoms with Gasteiger partial charge in [-0.3, -0.25) is 0 Å². The molecule has 3 atom stereocenters. The number of benzene rings is 8. The molecular formula is C72H78BN3. The molecule has 0 N–H and O–H groups in total. The first-order valence-electron chi connectivity index (χ1n) is 28.3. The lowest BCUT2D eigenvalue weighted by Crippen LogP contribution is -2.61. The zero-order valence-corrected chi connectivity index (χ0v) is 47.9. The lowest BCUT2D eigenvalue weighted by atomic mass is 9.33. The Labute approximate surface area is 456 Å². The van der Waals surface area contributed by atoms with Gasteiger partial charge < -0.3 is 14.7 Å². The Kier molecular flexibility index (Phi) is 11.4. The third-order valence-corrected chi connectivity index (χ3v) is 18.7. The normalized spacial score (nSPS) is 19.9. The Balaban J connectivity index is 1.22. The summed E-state index contributed by atoms with van der Waals surface area (Å²) in [6.45, 7) is 33.8. The molecule has 0 bridgehead atoms. The van der Waals surface area contributed by atoms with Gasteiger partial charge in [-0.15, -0.1) is 0 Å².